The van der Waals surface area contributed by atoms with Crippen molar-refractivity contribution < 1.29 is 18.3 Å². The maximum absolute atomic E-state index is 10.8. The van der Waals surface area contributed by atoms with Crippen LogP contribution in [0.2, 0.25) is 0 Å². The molecule has 6 nitrogen and oxygen atoms in total. The Kier molecular flexibility index (Phi) is 4.89. The highest BCUT2D eigenvalue weighted by atomic mass is 32.2. The minimum atomic E-state index is -3.43. The molecule has 3 N–H and O–H groups in total. The third kappa shape index (κ3) is 5.56. The van der Waals surface area contributed by atoms with Gasteiger partial charge in [-0.25, -0.2) is 9.44 Å². The molecule has 0 fully saturated rings. The van der Waals surface area contributed by atoms with Crippen LogP contribution in [0.1, 0.15) is 13.3 Å². The molecule has 0 aliphatic heterocycles. The van der Waals surface area contributed by atoms with E-state index in [0.29, 0.717) is 0 Å². The molecule has 1 unspecified atom stereocenters. The van der Waals surface area contributed by atoms with Crippen molar-refractivity contribution in [1.82, 2.24) is 9.44 Å². The van der Waals surface area contributed by atoms with Crippen LogP contribution in [-0.2, 0) is 15.0 Å². The molecule has 0 aromatic carbocycles. The maximum Gasteiger partial charge on any atom is 0.306 e. The predicted octanol–water partition coefficient (Wildman–Crippen LogP) is -0.849. The summed E-state index contributed by atoms with van der Waals surface area (Å²) in [6.07, 6.45) is 0.274. The van der Waals surface area contributed by atoms with E-state index >= 15 is 0 Å². The molecule has 0 radical (unpaired) electrons. The number of carboxylic acid groups (broad SMARTS) is 1. The zero-order valence-corrected chi connectivity index (χ0v) is 8.39. The number of carbonyl (C=O) groups is 1. The fraction of sp³-hybridized carbons (Fsp3) is 0.833. The van der Waals surface area contributed by atoms with E-state index in [4.69, 9.17) is 5.11 Å². The predicted molar refractivity (Wildman–Crippen MR) is 47.4 cm³/mol. The molecule has 0 bridgehead atoms. The van der Waals surface area contributed by atoms with Crippen LogP contribution in [0.4, 0.5) is 0 Å². The quantitative estimate of drug-likeness (QED) is 0.532. The summed E-state index contributed by atoms with van der Waals surface area (Å²) in [4.78, 5) is 10.3. The van der Waals surface area contributed by atoms with Crippen LogP contribution in [0.5, 0.6) is 0 Å². The second-order valence-electron chi connectivity index (χ2n) is 2.63. The molecule has 0 spiro atoms. The molecule has 0 heterocycles. The summed E-state index contributed by atoms with van der Waals surface area (Å²) in [5, 5.41) is 8.48. The van der Waals surface area contributed by atoms with Crippen LogP contribution < -0.4 is 9.44 Å². The fourth-order valence-corrected chi connectivity index (χ4v) is 1.14. The highest BCUT2D eigenvalue weighted by molar-refractivity contribution is 7.87. The topological polar surface area (TPSA) is 95.5 Å². The van der Waals surface area contributed by atoms with Gasteiger partial charge in [-0.1, -0.05) is 6.92 Å². The van der Waals surface area contributed by atoms with Gasteiger partial charge in [0.05, 0.1) is 5.92 Å². The molecule has 78 valence electrons. The molecular weight excluding hydrogens is 196 g/mol. The smallest absolute Gasteiger partial charge is 0.306 e. The molecule has 0 aliphatic carbocycles. The first-order valence-electron chi connectivity index (χ1n) is 3.80. The van der Waals surface area contributed by atoms with Crippen molar-refractivity contribution in [3.05, 3.63) is 0 Å². The summed E-state index contributed by atoms with van der Waals surface area (Å²) < 4.78 is 25.8. The van der Waals surface area contributed by atoms with Crippen LogP contribution in [0, 0.1) is 5.92 Å². The van der Waals surface area contributed by atoms with Gasteiger partial charge >= 0.3 is 5.97 Å². The van der Waals surface area contributed by atoms with E-state index in [-0.39, 0.29) is 13.0 Å². The molecule has 0 saturated carbocycles. The maximum atomic E-state index is 10.8. The van der Waals surface area contributed by atoms with Crippen LogP contribution in [-0.4, -0.2) is 33.1 Å². The zero-order chi connectivity index (χ0) is 10.5. The Morgan fingerprint density at radius 1 is 1.54 bits per heavy atom. The largest absolute Gasteiger partial charge is 0.481 e. The van der Waals surface area contributed by atoms with Crippen molar-refractivity contribution in [3.63, 3.8) is 0 Å². The van der Waals surface area contributed by atoms with Gasteiger partial charge < -0.3 is 5.11 Å². The van der Waals surface area contributed by atoms with E-state index in [1.807, 2.05) is 0 Å². The number of nitrogens with one attached hydrogen (secondary N) is 2. The van der Waals surface area contributed by atoms with Crippen molar-refractivity contribution >= 4 is 16.2 Å². The molecule has 7 heteroatoms. The van der Waals surface area contributed by atoms with Gasteiger partial charge in [0.2, 0.25) is 0 Å². The van der Waals surface area contributed by atoms with E-state index in [1.54, 1.807) is 0 Å². The molecule has 0 aromatic heterocycles. The second-order valence-corrected chi connectivity index (χ2v) is 4.33. The van der Waals surface area contributed by atoms with Crippen molar-refractivity contribution in [2.24, 2.45) is 5.92 Å². The Morgan fingerprint density at radius 3 is 2.46 bits per heavy atom. The summed E-state index contributed by atoms with van der Waals surface area (Å²) in [5.41, 5.74) is 0. The lowest BCUT2D eigenvalue weighted by atomic mass is 10.1. The number of hydrogen-bond acceptors (Lipinski definition) is 3. The monoisotopic (exact) mass is 210 g/mol. The minimum absolute atomic E-state index is 0.122. The van der Waals surface area contributed by atoms with Crippen LogP contribution in [0.3, 0.4) is 0 Å². The van der Waals surface area contributed by atoms with Crippen molar-refractivity contribution in [3.8, 4) is 0 Å². The van der Waals surface area contributed by atoms with Gasteiger partial charge in [0.1, 0.15) is 0 Å². The van der Waals surface area contributed by atoms with Crippen molar-refractivity contribution in [1.29, 1.82) is 0 Å². The van der Waals surface area contributed by atoms with Gasteiger partial charge in [-0.15, -0.1) is 0 Å². The molecule has 0 rings (SSSR count). The standard InChI is InChI=1S/C6H14N2O4S/c1-5(6(9)10)3-4-8-13(11,12)7-2/h5,7-8H,3-4H2,1-2H3,(H,9,10). The molecular formula is C6H14N2O4S. The van der Waals surface area contributed by atoms with E-state index in [2.05, 4.69) is 9.44 Å². The first-order chi connectivity index (χ1) is 5.89. The summed E-state index contributed by atoms with van der Waals surface area (Å²) in [7, 11) is -2.15. The van der Waals surface area contributed by atoms with E-state index in [0.717, 1.165) is 0 Å². The van der Waals surface area contributed by atoms with Gasteiger partial charge in [0, 0.05) is 13.6 Å². The molecule has 1 atom stereocenters. The lowest BCUT2D eigenvalue weighted by Gasteiger charge is -2.07. The van der Waals surface area contributed by atoms with Crippen LogP contribution in [0.15, 0.2) is 0 Å². The third-order valence-electron chi connectivity index (χ3n) is 1.56. The lowest BCUT2D eigenvalue weighted by molar-refractivity contribution is -0.141. The third-order valence-corrected chi connectivity index (χ3v) is 2.68. The molecule has 0 aliphatic rings. The van der Waals surface area contributed by atoms with Crippen LogP contribution >= 0.6 is 0 Å². The Hall–Kier alpha value is -0.660. The Bertz CT molecular complexity index is 262. The highest BCUT2D eigenvalue weighted by Gasteiger charge is 2.12. The highest BCUT2D eigenvalue weighted by Crippen LogP contribution is 1.99. The number of carboxylic acids is 1. The average Bonchev–Trinajstić information content (AvgIpc) is 2.04. The second kappa shape index (κ2) is 5.15. The Morgan fingerprint density at radius 2 is 2.08 bits per heavy atom. The Balaban J connectivity index is 3.75. The molecule has 13 heavy (non-hydrogen) atoms. The summed E-state index contributed by atoms with van der Waals surface area (Å²) >= 11 is 0. The number of rotatable bonds is 6. The molecule has 0 amide bonds. The van der Waals surface area contributed by atoms with Gasteiger partial charge in [-0.3, -0.25) is 4.79 Å². The fourth-order valence-electron chi connectivity index (χ4n) is 0.605. The van der Waals surface area contributed by atoms with Gasteiger partial charge in [0.25, 0.3) is 10.2 Å². The van der Waals surface area contributed by atoms with E-state index in [1.165, 1.54) is 14.0 Å². The number of hydrogen-bond donors (Lipinski definition) is 3. The first kappa shape index (κ1) is 12.3. The molecule has 0 saturated heterocycles. The Labute approximate surface area is 77.5 Å². The minimum Gasteiger partial charge on any atom is -0.481 e. The SMILES string of the molecule is CNS(=O)(=O)NCCC(C)C(=O)O. The zero-order valence-electron chi connectivity index (χ0n) is 7.57. The lowest BCUT2D eigenvalue weighted by Crippen LogP contribution is -2.35. The van der Waals surface area contributed by atoms with Gasteiger partial charge in [0.15, 0.2) is 0 Å². The van der Waals surface area contributed by atoms with Crippen molar-refractivity contribution in [2.45, 2.75) is 13.3 Å². The van der Waals surface area contributed by atoms with E-state index < -0.39 is 22.1 Å². The first-order valence-corrected chi connectivity index (χ1v) is 5.28. The van der Waals surface area contributed by atoms with Gasteiger partial charge in [-0.05, 0) is 6.42 Å². The van der Waals surface area contributed by atoms with E-state index in [9.17, 15) is 13.2 Å². The number of aliphatic carboxylic acids is 1. The van der Waals surface area contributed by atoms with Gasteiger partial charge in [-0.2, -0.15) is 8.42 Å². The summed E-state index contributed by atoms with van der Waals surface area (Å²) in [6.45, 7) is 1.65. The average molecular weight is 210 g/mol. The summed E-state index contributed by atoms with van der Waals surface area (Å²) in [5.74, 6) is -1.47. The normalized spacial score (nSPS) is 14.0. The van der Waals surface area contributed by atoms with Crippen molar-refractivity contribution in [2.75, 3.05) is 13.6 Å². The van der Waals surface area contributed by atoms with Crippen LogP contribution in [0.25, 0.3) is 0 Å². The molecule has 0 aromatic rings. The summed E-state index contributed by atoms with van der Waals surface area (Å²) in [6, 6.07) is 0.